The maximum Gasteiger partial charge on any atom is 0.251 e. The summed E-state index contributed by atoms with van der Waals surface area (Å²) < 4.78 is 35.2. The van der Waals surface area contributed by atoms with E-state index in [1.54, 1.807) is 56.3 Å². The standard InChI is InChI=1S/C29H43N3O5S/c1-7-21-12-15-23(16-13-21)38(35,36)31-26-24-19-22(14-17-25(24)37-29(5,6)27(26)33)28(34)30-20(4)11-10-18-32(8-2)9-3/h12-17,19-20,26-27,31,33H,7-11,18H2,1-6H3,(H,30,34)/t20?,26-,27+/m1/s1. The predicted molar refractivity (Wildman–Crippen MR) is 150 cm³/mol. The molecule has 210 valence electrons. The molecule has 1 heterocycles. The molecule has 1 amide bonds. The number of sulfonamides is 1. The van der Waals surface area contributed by atoms with E-state index in [9.17, 15) is 18.3 Å². The van der Waals surface area contributed by atoms with Crippen LogP contribution >= 0.6 is 0 Å². The first-order chi connectivity index (χ1) is 17.9. The van der Waals surface area contributed by atoms with Crippen LogP contribution in [0.5, 0.6) is 5.75 Å². The van der Waals surface area contributed by atoms with Gasteiger partial charge in [0.25, 0.3) is 5.91 Å². The molecule has 0 fully saturated rings. The highest BCUT2D eigenvalue weighted by Crippen LogP contribution is 2.41. The molecule has 3 N–H and O–H groups in total. The molecule has 2 aromatic rings. The smallest absolute Gasteiger partial charge is 0.251 e. The Morgan fingerprint density at radius 1 is 1.11 bits per heavy atom. The highest BCUT2D eigenvalue weighted by molar-refractivity contribution is 7.89. The molecule has 0 bridgehead atoms. The van der Waals surface area contributed by atoms with Crippen LogP contribution in [0.1, 0.15) is 81.9 Å². The average molecular weight is 546 g/mol. The minimum Gasteiger partial charge on any atom is -0.485 e. The molecule has 1 aliphatic heterocycles. The molecule has 0 spiro atoms. The maximum absolute atomic E-state index is 13.3. The summed E-state index contributed by atoms with van der Waals surface area (Å²) >= 11 is 0. The Labute approximate surface area is 227 Å². The van der Waals surface area contributed by atoms with Gasteiger partial charge in [-0.25, -0.2) is 13.1 Å². The first-order valence-electron chi connectivity index (χ1n) is 13.6. The third-order valence-electron chi connectivity index (χ3n) is 7.32. The predicted octanol–water partition coefficient (Wildman–Crippen LogP) is 4.04. The van der Waals surface area contributed by atoms with Crippen LogP contribution in [0, 0.1) is 0 Å². The van der Waals surface area contributed by atoms with Crippen LogP contribution in [-0.4, -0.2) is 61.7 Å². The number of hydrogen-bond acceptors (Lipinski definition) is 6. The largest absolute Gasteiger partial charge is 0.485 e. The Morgan fingerprint density at radius 2 is 1.76 bits per heavy atom. The number of amides is 1. The van der Waals surface area contributed by atoms with Crippen molar-refractivity contribution in [3.8, 4) is 5.75 Å². The van der Waals surface area contributed by atoms with E-state index >= 15 is 0 Å². The maximum atomic E-state index is 13.3. The second kappa shape index (κ2) is 12.6. The third kappa shape index (κ3) is 7.14. The fraction of sp³-hybridized carbons (Fsp3) is 0.552. The number of hydrogen-bond donors (Lipinski definition) is 3. The van der Waals surface area contributed by atoms with Crippen molar-refractivity contribution in [2.45, 2.75) is 89.5 Å². The molecular formula is C29H43N3O5S. The SMILES string of the molecule is CCc1ccc(S(=O)(=O)N[C@@H]2c3cc(C(=O)NC(C)CCCN(CC)CC)ccc3OC(C)(C)[C@H]2O)cc1. The lowest BCUT2D eigenvalue weighted by atomic mass is 9.86. The molecule has 3 rings (SSSR count). The van der Waals surface area contributed by atoms with Crippen LogP contribution < -0.4 is 14.8 Å². The van der Waals surface area contributed by atoms with Crippen LogP contribution in [0.4, 0.5) is 0 Å². The zero-order chi connectivity index (χ0) is 28.1. The van der Waals surface area contributed by atoms with Crippen LogP contribution in [0.25, 0.3) is 0 Å². The molecule has 3 atom stereocenters. The number of rotatable bonds is 12. The van der Waals surface area contributed by atoms with Crippen molar-refractivity contribution < 1.29 is 23.1 Å². The van der Waals surface area contributed by atoms with Crippen molar-refractivity contribution in [1.29, 1.82) is 0 Å². The monoisotopic (exact) mass is 545 g/mol. The molecule has 8 nitrogen and oxygen atoms in total. The lowest BCUT2D eigenvalue weighted by molar-refractivity contribution is -0.0603. The fourth-order valence-corrected chi connectivity index (χ4v) is 5.97. The molecule has 38 heavy (non-hydrogen) atoms. The number of fused-ring (bicyclic) bond motifs is 1. The van der Waals surface area contributed by atoms with E-state index in [-0.39, 0.29) is 16.8 Å². The summed E-state index contributed by atoms with van der Waals surface area (Å²) in [6.45, 7) is 14.7. The van der Waals surface area contributed by atoms with E-state index in [2.05, 4.69) is 28.8 Å². The second-order valence-corrected chi connectivity index (χ2v) is 12.3. The highest BCUT2D eigenvalue weighted by atomic mass is 32.2. The zero-order valence-electron chi connectivity index (χ0n) is 23.5. The van der Waals surface area contributed by atoms with Crippen molar-refractivity contribution in [2.24, 2.45) is 0 Å². The number of benzene rings is 2. The summed E-state index contributed by atoms with van der Waals surface area (Å²) in [6.07, 6.45) is 1.44. The van der Waals surface area contributed by atoms with Crippen molar-refractivity contribution in [2.75, 3.05) is 19.6 Å². The quantitative estimate of drug-likeness (QED) is 0.372. The van der Waals surface area contributed by atoms with Gasteiger partial charge in [-0.3, -0.25) is 4.79 Å². The van der Waals surface area contributed by atoms with E-state index in [4.69, 9.17) is 4.74 Å². The van der Waals surface area contributed by atoms with Gasteiger partial charge in [-0.2, -0.15) is 0 Å². The summed E-state index contributed by atoms with van der Waals surface area (Å²) in [6, 6.07) is 10.6. The number of carbonyl (C=O) groups is 1. The second-order valence-electron chi connectivity index (χ2n) is 10.5. The van der Waals surface area contributed by atoms with Crippen LogP contribution in [0.3, 0.4) is 0 Å². The number of carbonyl (C=O) groups excluding carboxylic acids is 1. The van der Waals surface area contributed by atoms with E-state index in [0.717, 1.165) is 44.5 Å². The molecule has 0 radical (unpaired) electrons. The van der Waals surface area contributed by atoms with Gasteiger partial charge in [0.15, 0.2) is 0 Å². The Hall–Kier alpha value is -2.46. The van der Waals surface area contributed by atoms with Crippen molar-refractivity contribution in [3.63, 3.8) is 0 Å². The normalized spacial score (nSPS) is 19.5. The number of ether oxygens (including phenoxy) is 1. The van der Waals surface area contributed by atoms with Gasteiger partial charge < -0.3 is 20.1 Å². The van der Waals surface area contributed by atoms with Gasteiger partial charge in [0.1, 0.15) is 17.5 Å². The number of aryl methyl sites for hydroxylation is 1. The van der Waals surface area contributed by atoms with Crippen molar-refractivity contribution >= 4 is 15.9 Å². The molecule has 0 aliphatic carbocycles. The Morgan fingerprint density at radius 3 is 2.37 bits per heavy atom. The molecule has 9 heteroatoms. The van der Waals surface area contributed by atoms with Gasteiger partial charge in [0.2, 0.25) is 10.0 Å². The Bertz CT molecular complexity index is 1190. The van der Waals surface area contributed by atoms with E-state index in [1.807, 2.05) is 13.8 Å². The van der Waals surface area contributed by atoms with E-state index in [0.29, 0.717) is 16.9 Å². The average Bonchev–Trinajstić information content (AvgIpc) is 2.89. The third-order valence-corrected chi connectivity index (χ3v) is 8.77. The lowest BCUT2D eigenvalue weighted by Gasteiger charge is -2.42. The first kappa shape index (κ1) is 30.1. The van der Waals surface area contributed by atoms with Crippen molar-refractivity contribution in [3.05, 3.63) is 59.2 Å². The summed E-state index contributed by atoms with van der Waals surface area (Å²) in [5, 5.41) is 14.2. The van der Waals surface area contributed by atoms with Gasteiger partial charge in [-0.15, -0.1) is 0 Å². The summed E-state index contributed by atoms with van der Waals surface area (Å²) in [7, 11) is -3.95. The highest BCUT2D eigenvalue weighted by Gasteiger charge is 2.44. The molecule has 0 aromatic heterocycles. The van der Waals surface area contributed by atoms with Gasteiger partial charge in [0, 0.05) is 17.2 Å². The molecule has 1 unspecified atom stereocenters. The van der Waals surface area contributed by atoms with Crippen LogP contribution in [0.2, 0.25) is 0 Å². The van der Waals surface area contributed by atoms with Crippen LogP contribution in [0.15, 0.2) is 47.4 Å². The number of nitrogens with one attached hydrogen (secondary N) is 2. The summed E-state index contributed by atoms with van der Waals surface area (Å²) in [5.74, 6) is 0.178. The van der Waals surface area contributed by atoms with E-state index in [1.165, 1.54) is 0 Å². The lowest BCUT2D eigenvalue weighted by Crippen LogP contribution is -2.53. The Balaban J connectivity index is 1.81. The molecule has 1 aliphatic rings. The van der Waals surface area contributed by atoms with Crippen molar-refractivity contribution in [1.82, 2.24) is 14.9 Å². The molecule has 0 saturated carbocycles. The minimum atomic E-state index is -3.95. The molecule has 0 saturated heterocycles. The zero-order valence-corrected chi connectivity index (χ0v) is 24.3. The van der Waals surface area contributed by atoms with E-state index < -0.39 is 27.8 Å². The number of aliphatic hydroxyl groups is 1. The molecule has 2 aromatic carbocycles. The van der Waals surface area contributed by atoms with Gasteiger partial charge in [-0.05, 0) is 95.6 Å². The number of nitrogens with zero attached hydrogens (tertiary/aromatic N) is 1. The Kier molecular flexibility index (Phi) is 9.97. The van der Waals surface area contributed by atoms with Crippen LogP contribution in [-0.2, 0) is 16.4 Å². The number of aliphatic hydroxyl groups excluding tert-OH is 1. The van der Waals surface area contributed by atoms with Gasteiger partial charge in [0.05, 0.1) is 10.9 Å². The van der Waals surface area contributed by atoms with Gasteiger partial charge >= 0.3 is 0 Å². The summed E-state index contributed by atoms with van der Waals surface area (Å²) in [4.78, 5) is 15.5. The summed E-state index contributed by atoms with van der Waals surface area (Å²) in [5.41, 5.74) is 0.785. The fourth-order valence-electron chi connectivity index (χ4n) is 4.75. The first-order valence-corrected chi connectivity index (χ1v) is 15.1. The molecular weight excluding hydrogens is 502 g/mol. The van der Waals surface area contributed by atoms with Gasteiger partial charge in [-0.1, -0.05) is 32.9 Å². The topological polar surface area (TPSA) is 108 Å². The minimum absolute atomic E-state index is 0.0183.